The third-order valence-corrected chi connectivity index (χ3v) is 2.63. The second-order valence-corrected chi connectivity index (χ2v) is 4.52. The number of nitrogens with one attached hydrogen (secondary N) is 2. The van der Waals surface area contributed by atoms with Crippen molar-refractivity contribution in [3.8, 4) is 6.07 Å². The zero-order chi connectivity index (χ0) is 12.8. The fraction of sp³-hybridized carbons (Fsp3) is 0.545. The second kappa shape index (κ2) is 6.30. The summed E-state index contributed by atoms with van der Waals surface area (Å²) in [5.41, 5.74) is 0.508. The highest BCUT2D eigenvalue weighted by atomic mass is 32.2. The summed E-state index contributed by atoms with van der Waals surface area (Å²) in [6, 6.07) is 2.40. The Kier molecular flexibility index (Phi) is 5.04. The van der Waals surface area contributed by atoms with Crippen molar-refractivity contribution in [3.05, 3.63) is 5.56 Å². The highest BCUT2D eigenvalue weighted by Crippen LogP contribution is 2.24. The van der Waals surface area contributed by atoms with Crippen molar-refractivity contribution in [1.29, 1.82) is 5.26 Å². The third kappa shape index (κ3) is 3.49. The number of hydrogen-bond donors (Lipinski definition) is 2. The van der Waals surface area contributed by atoms with Crippen molar-refractivity contribution < 1.29 is 0 Å². The van der Waals surface area contributed by atoms with Crippen LogP contribution in [0.5, 0.6) is 0 Å². The zero-order valence-electron chi connectivity index (χ0n) is 10.5. The summed E-state index contributed by atoms with van der Waals surface area (Å²) in [6.07, 6.45) is 1.90. The molecule has 1 aromatic rings. The molecule has 0 unspecified atom stereocenters. The van der Waals surface area contributed by atoms with E-state index in [-0.39, 0.29) is 6.04 Å². The molecule has 0 aliphatic heterocycles. The number of nitriles is 1. The van der Waals surface area contributed by atoms with Crippen molar-refractivity contribution >= 4 is 23.5 Å². The van der Waals surface area contributed by atoms with Crippen LogP contribution in [0.3, 0.4) is 0 Å². The number of thioether (sulfide) groups is 1. The van der Waals surface area contributed by atoms with Gasteiger partial charge in [0.25, 0.3) is 0 Å². The van der Waals surface area contributed by atoms with Crippen LogP contribution in [-0.4, -0.2) is 28.8 Å². The van der Waals surface area contributed by atoms with Gasteiger partial charge in [0.05, 0.1) is 0 Å². The van der Waals surface area contributed by atoms with E-state index in [2.05, 4.69) is 26.7 Å². The molecule has 0 aliphatic rings. The molecule has 0 bridgehead atoms. The van der Waals surface area contributed by atoms with Gasteiger partial charge in [-0.15, -0.1) is 11.8 Å². The molecule has 1 rings (SSSR count). The summed E-state index contributed by atoms with van der Waals surface area (Å²) in [7, 11) is 0. The van der Waals surface area contributed by atoms with Gasteiger partial charge in [0.15, 0.2) is 5.82 Å². The number of nitrogens with zero attached hydrogens (tertiary/aromatic N) is 3. The van der Waals surface area contributed by atoms with E-state index in [0.29, 0.717) is 22.4 Å². The van der Waals surface area contributed by atoms with Crippen LogP contribution in [0.1, 0.15) is 26.3 Å². The fourth-order valence-electron chi connectivity index (χ4n) is 1.31. The summed E-state index contributed by atoms with van der Waals surface area (Å²) in [4.78, 5) is 8.64. The molecule has 0 saturated heterocycles. The van der Waals surface area contributed by atoms with Gasteiger partial charge in [-0.25, -0.2) is 4.98 Å². The zero-order valence-corrected chi connectivity index (χ0v) is 11.4. The van der Waals surface area contributed by atoms with Crippen molar-refractivity contribution in [3.63, 3.8) is 0 Å². The molecule has 0 aliphatic carbocycles. The Hall–Kier alpha value is -1.48. The first kappa shape index (κ1) is 13.6. The monoisotopic (exact) mass is 251 g/mol. The molecular weight excluding hydrogens is 234 g/mol. The first-order valence-corrected chi connectivity index (χ1v) is 6.71. The van der Waals surface area contributed by atoms with Crippen LogP contribution < -0.4 is 10.6 Å². The Labute approximate surface area is 106 Å². The number of aromatic nitrogens is 2. The topological polar surface area (TPSA) is 73.6 Å². The molecule has 5 nitrogen and oxygen atoms in total. The lowest BCUT2D eigenvalue weighted by Crippen LogP contribution is -2.15. The molecule has 92 valence electrons. The maximum absolute atomic E-state index is 9.13. The second-order valence-electron chi connectivity index (χ2n) is 3.72. The Morgan fingerprint density at radius 2 is 2.12 bits per heavy atom. The van der Waals surface area contributed by atoms with E-state index in [1.54, 1.807) is 0 Å². The van der Waals surface area contributed by atoms with Gasteiger partial charge in [-0.3, -0.25) is 0 Å². The van der Waals surface area contributed by atoms with Crippen molar-refractivity contribution in [1.82, 2.24) is 9.97 Å². The Balaban J connectivity index is 3.20. The molecule has 6 heteroatoms. The lowest BCUT2D eigenvalue weighted by atomic mass is 10.3. The molecule has 0 fully saturated rings. The minimum Gasteiger partial charge on any atom is -0.369 e. The molecule has 0 spiro atoms. The van der Waals surface area contributed by atoms with Crippen LogP contribution in [0.4, 0.5) is 11.8 Å². The molecule has 17 heavy (non-hydrogen) atoms. The number of anilines is 2. The first-order valence-electron chi connectivity index (χ1n) is 5.48. The molecular formula is C11H17N5S. The summed E-state index contributed by atoms with van der Waals surface area (Å²) in [5.74, 6) is 1.15. The van der Waals surface area contributed by atoms with Gasteiger partial charge in [-0.1, -0.05) is 0 Å². The van der Waals surface area contributed by atoms with E-state index >= 15 is 0 Å². The highest BCUT2D eigenvalue weighted by molar-refractivity contribution is 7.98. The normalized spacial score (nSPS) is 10.1. The smallest absolute Gasteiger partial charge is 0.225 e. The van der Waals surface area contributed by atoms with Gasteiger partial charge < -0.3 is 10.6 Å². The van der Waals surface area contributed by atoms with Gasteiger partial charge in [-0.2, -0.15) is 10.2 Å². The third-order valence-electron chi connectivity index (χ3n) is 1.94. The van der Waals surface area contributed by atoms with Gasteiger partial charge in [0, 0.05) is 12.6 Å². The van der Waals surface area contributed by atoms with Gasteiger partial charge in [0.2, 0.25) is 5.95 Å². The van der Waals surface area contributed by atoms with E-state index in [1.807, 2.05) is 27.0 Å². The molecule has 0 atom stereocenters. The standard InChI is InChI=1S/C11H17N5S/c1-5-13-9-8(6-12)10(17-4)16-11(15-9)14-7(2)3/h7H,5H2,1-4H3,(H2,13,14,15,16). The van der Waals surface area contributed by atoms with Crippen LogP contribution in [-0.2, 0) is 0 Å². The van der Waals surface area contributed by atoms with E-state index < -0.39 is 0 Å². The Morgan fingerprint density at radius 3 is 2.59 bits per heavy atom. The number of hydrogen-bond acceptors (Lipinski definition) is 6. The molecule has 2 N–H and O–H groups in total. The van der Waals surface area contributed by atoms with E-state index in [1.165, 1.54) is 11.8 Å². The van der Waals surface area contributed by atoms with Crippen molar-refractivity contribution in [2.45, 2.75) is 31.8 Å². The predicted molar refractivity (Wildman–Crippen MR) is 71.5 cm³/mol. The largest absolute Gasteiger partial charge is 0.369 e. The van der Waals surface area contributed by atoms with E-state index in [4.69, 9.17) is 5.26 Å². The van der Waals surface area contributed by atoms with Crippen LogP contribution in [0.15, 0.2) is 5.03 Å². The lowest BCUT2D eigenvalue weighted by molar-refractivity contribution is 0.862. The highest BCUT2D eigenvalue weighted by Gasteiger charge is 2.13. The summed E-state index contributed by atoms with van der Waals surface area (Å²) in [6.45, 7) is 6.73. The number of rotatable bonds is 5. The average molecular weight is 251 g/mol. The minimum atomic E-state index is 0.257. The van der Waals surface area contributed by atoms with E-state index in [9.17, 15) is 0 Å². The maximum atomic E-state index is 9.13. The van der Waals surface area contributed by atoms with Crippen LogP contribution in [0.2, 0.25) is 0 Å². The molecule has 0 saturated carbocycles. The molecule has 0 amide bonds. The van der Waals surface area contributed by atoms with Crippen molar-refractivity contribution in [2.75, 3.05) is 23.4 Å². The first-order chi connectivity index (χ1) is 8.12. The fourth-order valence-corrected chi connectivity index (χ4v) is 1.83. The van der Waals surface area contributed by atoms with Gasteiger partial charge in [0.1, 0.15) is 16.7 Å². The van der Waals surface area contributed by atoms with E-state index in [0.717, 1.165) is 6.54 Å². The van der Waals surface area contributed by atoms with Crippen LogP contribution in [0, 0.1) is 11.3 Å². The van der Waals surface area contributed by atoms with Crippen LogP contribution >= 0.6 is 11.8 Å². The summed E-state index contributed by atoms with van der Waals surface area (Å²) < 4.78 is 0. The summed E-state index contributed by atoms with van der Waals surface area (Å²) in [5, 5.41) is 16.1. The average Bonchev–Trinajstić information content (AvgIpc) is 2.28. The quantitative estimate of drug-likeness (QED) is 0.618. The molecule has 1 aromatic heterocycles. The summed E-state index contributed by atoms with van der Waals surface area (Å²) >= 11 is 1.45. The SMILES string of the molecule is CCNc1nc(NC(C)C)nc(SC)c1C#N. The molecule has 0 radical (unpaired) electrons. The Bertz CT molecular complexity index is 425. The lowest BCUT2D eigenvalue weighted by Gasteiger charge is -2.13. The van der Waals surface area contributed by atoms with Crippen molar-refractivity contribution in [2.24, 2.45) is 0 Å². The minimum absolute atomic E-state index is 0.257. The predicted octanol–water partition coefficient (Wildman–Crippen LogP) is 2.32. The van der Waals surface area contributed by atoms with Gasteiger partial charge >= 0.3 is 0 Å². The van der Waals surface area contributed by atoms with Crippen LogP contribution in [0.25, 0.3) is 0 Å². The van der Waals surface area contributed by atoms with Gasteiger partial charge in [-0.05, 0) is 27.0 Å². The molecule has 1 heterocycles. The Morgan fingerprint density at radius 1 is 1.41 bits per heavy atom. The maximum Gasteiger partial charge on any atom is 0.225 e. The molecule has 0 aromatic carbocycles.